The van der Waals surface area contributed by atoms with E-state index in [2.05, 4.69) is 29.0 Å². The summed E-state index contributed by atoms with van der Waals surface area (Å²) in [5.74, 6) is 2.78. The second-order valence-electron chi connectivity index (χ2n) is 4.28. The van der Waals surface area contributed by atoms with Crippen molar-refractivity contribution in [1.29, 1.82) is 0 Å². The Bertz CT molecular complexity index is 478. The molecule has 0 saturated heterocycles. The summed E-state index contributed by atoms with van der Waals surface area (Å²) >= 11 is 0. The zero-order valence-electron chi connectivity index (χ0n) is 9.18. The van der Waals surface area contributed by atoms with Gasteiger partial charge in [-0.1, -0.05) is 25.1 Å². The van der Waals surface area contributed by atoms with Crippen LogP contribution in [0.1, 0.15) is 24.2 Å². The third-order valence-electron chi connectivity index (χ3n) is 3.14. The smallest absolute Gasteiger partial charge is 0.123 e. The topological polar surface area (TPSA) is 37.9 Å². The third-order valence-corrected chi connectivity index (χ3v) is 3.14. The van der Waals surface area contributed by atoms with E-state index in [0.29, 0.717) is 11.8 Å². The molecule has 0 saturated carbocycles. The van der Waals surface area contributed by atoms with Gasteiger partial charge in [0.05, 0.1) is 12.5 Å². The highest BCUT2D eigenvalue weighted by Crippen LogP contribution is 2.39. The lowest BCUT2D eigenvalue weighted by Crippen LogP contribution is -2.25. The summed E-state index contributed by atoms with van der Waals surface area (Å²) in [4.78, 5) is 7.59. The molecule has 2 atom stereocenters. The quantitative estimate of drug-likeness (QED) is 0.792. The molecule has 0 spiro atoms. The van der Waals surface area contributed by atoms with Gasteiger partial charge in [0, 0.05) is 23.9 Å². The number of aromatic nitrogens is 2. The van der Waals surface area contributed by atoms with Gasteiger partial charge >= 0.3 is 0 Å². The molecule has 3 nitrogen and oxygen atoms in total. The van der Waals surface area contributed by atoms with Gasteiger partial charge in [-0.05, 0) is 6.07 Å². The maximum absolute atomic E-state index is 5.72. The van der Waals surface area contributed by atoms with Crippen LogP contribution in [0, 0.1) is 5.92 Å². The van der Waals surface area contributed by atoms with Crippen LogP contribution in [0.3, 0.4) is 0 Å². The molecule has 1 aromatic carbocycles. The molecule has 16 heavy (non-hydrogen) atoms. The molecule has 1 aliphatic rings. The first-order valence-electron chi connectivity index (χ1n) is 5.57. The maximum Gasteiger partial charge on any atom is 0.123 e. The molecule has 3 rings (SSSR count). The van der Waals surface area contributed by atoms with Crippen LogP contribution in [0.4, 0.5) is 0 Å². The molecular formula is C13H14N2O. The van der Waals surface area contributed by atoms with Crippen molar-refractivity contribution >= 4 is 0 Å². The number of fused-ring (bicyclic) bond motifs is 1. The first-order valence-corrected chi connectivity index (χ1v) is 5.57. The number of hydrogen-bond donors (Lipinski definition) is 1. The summed E-state index contributed by atoms with van der Waals surface area (Å²) in [5, 5.41) is 0. The summed E-state index contributed by atoms with van der Waals surface area (Å²) in [6.45, 7) is 2.95. The summed E-state index contributed by atoms with van der Waals surface area (Å²) in [7, 11) is 0. The van der Waals surface area contributed by atoms with E-state index in [1.165, 1.54) is 5.56 Å². The van der Waals surface area contributed by atoms with Crippen LogP contribution in [0.25, 0.3) is 0 Å². The van der Waals surface area contributed by atoms with Gasteiger partial charge in [0.2, 0.25) is 0 Å². The number of nitrogens with zero attached hydrogens (tertiary/aromatic N) is 1. The molecule has 2 heterocycles. The molecule has 1 N–H and O–H groups in total. The Kier molecular flexibility index (Phi) is 2.17. The van der Waals surface area contributed by atoms with E-state index in [0.717, 1.165) is 18.2 Å². The third kappa shape index (κ3) is 1.40. The SMILES string of the molecule is C[C@H]1COc2ccccc2[C@H]1c1ncc[nH]1. The largest absolute Gasteiger partial charge is 0.493 e. The highest BCUT2D eigenvalue weighted by molar-refractivity contribution is 5.41. The number of H-pyrrole nitrogens is 1. The van der Waals surface area contributed by atoms with Crippen molar-refractivity contribution in [3.63, 3.8) is 0 Å². The highest BCUT2D eigenvalue weighted by Gasteiger charge is 2.30. The van der Waals surface area contributed by atoms with Crippen LogP contribution < -0.4 is 4.74 Å². The normalized spacial score (nSPS) is 23.6. The van der Waals surface area contributed by atoms with Crippen LogP contribution >= 0.6 is 0 Å². The van der Waals surface area contributed by atoms with Crippen LogP contribution in [0.15, 0.2) is 36.7 Å². The van der Waals surface area contributed by atoms with Gasteiger partial charge < -0.3 is 9.72 Å². The van der Waals surface area contributed by atoms with E-state index >= 15 is 0 Å². The van der Waals surface area contributed by atoms with Crippen LogP contribution in [-0.4, -0.2) is 16.6 Å². The number of aromatic amines is 1. The molecule has 0 fully saturated rings. The fourth-order valence-electron chi connectivity index (χ4n) is 2.36. The summed E-state index contributed by atoms with van der Waals surface area (Å²) < 4.78 is 5.72. The van der Waals surface area contributed by atoms with E-state index in [9.17, 15) is 0 Å². The Morgan fingerprint density at radius 3 is 3.06 bits per heavy atom. The standard InChI is InChI=1S/C13H14N2O/c1-9-8-16-11-5-3-2-4-10(11)12(9)13-14-6-7-15-13/h2-7,9,12H,8H2,1H3,(H,14,15)/t9-,12-/m0/s1. The predicted molar refractivity (Wildman–Crippen MR) is 61.5 cm³/mol. The zero-order valence-corrected chi connectivity index (χ0v) is 9.18. The van der Waals surface area contributed by atoms with Crippen molar-refractivity contribution in [2.75, 3.05) is 6.61 Å². The Morgan fingerprint density at radius 2 is 2.25 bits per heavy atom. The van der Waals surface area contributed by atoms with Gasteiger partial charge in [-0.15, -0.1) is 0 Å². The van der Waals surface area contributed by atoms with Gasteiger partial charge in [0.1, 0.15) is 11.6 Å². The van der Waals surface area contributed by atoms with Crippen molar-refractivity contribution in [3.8, 4) is 5.75 Å². The van der Waals surface area contributed by atoms with Gasteiger partial charge in [0.25, 0.3) is 0 Å². The average molecular weight is 214 g/mol. The van der Waals surface area contributed by atoms with Crippen molar-refractivity contribution in [2.45, 2.75) is 12.8 Å². The zero-order chi connectivity index (χ0) is 11.0. The predicted octanol–water partition coefficient (Wildman–Crippen LogP) is 2.57. The lowest BCUT2D eigenvalue weighted by Gasteiger charge is -2.30. The van der Waals surface area contributed by atoms with Gasteiger partial charge in [0.15, 0.2) is 0 Å². The van der Waals surface area contributed by atoms with Gasteiger partial charge in [-0.3, -0.25) is 0 Å². The first kappa shape index (κ1) is 9.46. The van der Waals surface area contributed by atoms with Crippen molar-refractivity contribution in [3.05, 3.63) is 48.0 Å². The fraction of sp³-hybridized carbons (Fsp3) is 0.308. The van der Waals surface area contributed by atoms with Crippen molar-refractivity contribution in [2.24, 2.45) is 5.92 Å². The summed E-state index contributed by atoms with van der Waals surface area (Å²) in [6.07, 6.45) is 3.68. The Hall–Kier alpha value is -1.77. The molecule has 0 unspecified atom stereocenters. The molecule has 0 bridgehead atoms. The number of hydrogen-bond acceptors (Lipinski definition) is 2. The second-order valence-corrected chi connectivity index (χ2v) is 4.28. The molecule has 82 valence electrons. The average Bonchev–Trinajstić information content (AvgIpc) is 2.82. The number of para-hydroxylation sites is 1. The van der Waals surface area contributed by atoms with E-state index < -0.39 is 0 Å². The molecule has 1 aliphatic heterocycles. The first-order chi connectivity index (χ1) is 7.86. The van der Waals surface area contributed by atoms with Crippen LogP contribution in [0.5, 0.6) is 5.75 Å². The molecule has 1 aromatic heterocycles. The van der Waals surface area contributed by atoms with Crippen LogP contribution in [0.2, 0.25) is 0 Å². The highest BCUT2D eigenvalue weighted by atomic mass is 16.5. The van der Waals surface area contributed by atoms with Crippen LogP contribution in [-0.2, 0) is 0 Å². The number of benzene rings is 1. The number of ether oxygens (including phenoxy) is 1. The molecule has 0 radical (unpaired) electrons. The van der Waals surface area contributed by atoms with Crippen molar-refractivity contribution < 1.29 is 4.74 Å². The van der Waals surface area contributed by atoms with Gasteiger partial charge in [-0.25, -0.2) is 4.98 Å². The van der Waals surface area contributed by atoms with E-state index in [4.69, 9.17) is 4.74 Å². The molecular weight excluding hydrogens is 200 g/mol. The molecule has 0 aliphatic carbocycles. The van der Waals surface area contributed by atoms with Gasteiger partial charge in [-0.2, -0.15) is 0 Å². The summed E-state index contributed by atoms with van der Waals surface area (Å²) in [6, 6.07) is 8.21. The minimum atomic E-state index is 0.319. The lowest BCUT2D eigenvalue weighted by atomic mass is 9.84. The Morgan fingerprint density at radius 1 is 1.38 bits per heavy atom. The van der Waals surface area contributed by atoms with E-state index in [1.807, 2.05) is 18.3 Å². The maximum atomic E-state index is 5.72. The minimum absolute atomic E-state index is 0.319. The molecule has 2 aromatic rings. The number of imidazole rings is 1. The van der Waals surface area contributed by atoms with Crippen molar-refractivity contribution in [1.82, 2.24) is 9.97 Å². The lowest BCUT2D eigenvalue weighted by molar-refractivity contribution is 0.215. The monoisotopic (exact) mass is 214 g/mol. The minimum Gasteiger partial charge on any atom is -0.493 e. The number of nitrogens with one attached hydrogen (secondary N) is 1. The summed E-state index contributed by atoms with van der Waals surface area (Å²) in [5.41, 5.74) is 1.23. The Balaban J connectivity index is 2.10. The van der Waals surface area contributed by atoms with E-state index in [-0.39, 0.29) is 0 Å². The Labute approximate surface area is 94.5 Å². The number of rotatable bonds is 1. The fourth-order valence-corrected chi connectivity index (χ4v) is 2.36. The molecule has 0 amide bonds. The molecule has 3 heteroatoms. The van der Waals surface area contributed by atoms with E-state index in [1.54, 1.807) is 6.20 Å². The second kappa shape index (κ2) is 3.67.